The van der Waals surface area contributed by atoms with Crippen molar-refractivity contribution in [1.29, 1.82) is 0 Å². The van der Waals surface area contributed by atoms with Crippen LogP contribution in [0.3, 0.4) is 0 Å². The molecule has 2 aromatic heterocycles. The lowest BCUT2D eigenvalue weighted by atomic mass is 10.2. The van der Waals surface area contributed by atoms with Crippen LogP contribution in [0, 0.1) is 6.92 Å². The number of nitrogens with zero attached hydrogens (tertiary/aromatic N) is 1. The Balaban J connectivity index is 2.00. The van der Waals surface area contributed by atoms with Crippen molar-refractivity contribution in [3.05, 3.63) is 46.0 Å². The number of carbonyl (C=O) groups excluding carboxylic acids is 1. The molecule has 0 spiro atoms. The fourth-order valence-corrected chi connectivity index (χ4v) is 2.49. The van der Waals surface area contributed by atoms with Crippen molar-refractivity contribution in [2.75, 3.05) is 20.6 Å². The van der Waals surface area contributed by atoms with E-state index in [1.54, 1.807) is 0 Å². The average molecular weight is 278 g/mol. The molecule has 1 amide bonds. The van der Waals surface area contributed by atoms with Gasteiger partial charge in [-0.05, 0) is 44.6 Å². The van der Waals surface area contributed by atoms with Gasteiger partial charge in [-0.2, -0.15) is 0 Å². The number of carbonyl (C=O) groups is 1. The van der Waals surface area contributed by atoms with Gasteiger partial charge in [0.05, 0.1) is 10.9 Å². The fourth-order valence-electron chi connectivity index (χ4n) is 1.85. The standard InChI is InChI=1S/C14H18N2O2S/c1-10-6-7-12(18-10)11(16(2)3)9-15-14(17)13-5-4-8-19-13/h4-8,11H,9H2,1-3H3,(H,15,17)/t11-/m1/s1. The van der Waals surface area contributed by atoms with Gasteiger partial charge >= 0.3 is 0 Å². The lowest BCUT2D eigenvalue weighted by Crippen LogP contribution is -2.34. The zero-order chi connectivity index (χ0) is 13.8. The van der Waals surface area contributed by atoms with E-state index in [1.165, 1.54) is 11.3 Å². The normalized spacial score (nSPS) is 12.6. The maximum atomic E-state index is 11.9. The predicted molar refractivity (Wildman–Crippen MR) is 76.5 cm³/mol. The molecule has 102 valence electrons. The summed E-state index contributed by atoms with van der Waals surface area (Å²) in [4.78, 5) is 14.7. The number of nitrogens with one attached hydrogen (secondary N) is 1. The van der Waals surface area contributed by atoms with E-state index >= 15 is 0 Å². The summed E-state index contributed by atoms with van der Waals surface area (Å²) in [5.41, 5.74) is 0. The van der Waals surface area contributed by atoms with E-state index in [4.69, 9.17) is 4.42 Å². The van der Waals surface area contributed by atoms with Crippen LogP contribution in [0.15, 0.2) is 34.1 Å². The molecule has 0 unspecified atom stereocenters. The summed E-state index contributed by atoms with van der Waals surface area (Å²) >= 11 is 1.44. The van der Waals surface area contributed by atoms with Crippen LogP contribution in [0.2, 0.25) is 0 Å². The Hall–Kier alpha value is -1.59. The van der Waals surface area contributed by atoms with Crippen molar-refractivity contribution >= 4 is 17.2 Å². The first kappa shape index (κ1) is 13.8. The number of hydrogen-bond donors (Lipinski definition) is 1. The van der Waals surface area contributed by atoms with Crippen molar-refractivity contribution in [3.63, 3.8) is 0 Å². The first-order valence-electron chi connectivity index (χ1n) is 6.12. The van der Waals surface area contributed by atoms with Gasteiger partial charge in [0.2, 0.25) is 0 Å². The van der Waals surface area contributed by atoms with Crippen LogP contribution in [0.1, 0.15) is 27.2 Å². The van der Waals surface area contributed by atoms with Crippen molar-refractivity contribution in [1.82, 2.24) is 10.2 Å². The van der Waals surface area contributed by atoms with E-state index in [-0.39, 0.29) is 11.9 Å². The molecule has 1 N–H and O–H groups in total. The molecule has 0 aliphatic carbocycles. The smallest absolute Gasteiger partial charge is 0.261 e. The molecule has 0 aromatic carbocycles. The molecule has 2 aromatic rings. The zero-order valence-corrected chi connectivity index (χ0v) is 12.2. The lowest BCUT2D eigenvalue weighted by Gasteiger charge is -2.22. The minimum Gasteiger partial charge on any atom is -0.465 e. The van der Waals surface area contributed by atoms with Crippen molar-refractivity contribution < 1.29 is 9.21 Å². The highest BCUT2D eigenvalue weighted by Gasteiger charge is 2.19. The van der Waals surface area contributed by atoms with E-state index in [1.807, 2.05) is 55.6 Å². The minimum atomic E-state index is -0.0369. The van der Waals surface area contributed by atoms with Gasteiger partial charge in [-0.3, -0.25) is 9.69 Å². The van der Waals surface area contributed by atoms with Crippen LogP contribution in [-0.2, 0) is 0 Å². The molecule has 0 fully saturated rings. The number of hydrogen-bond acceptors (Lipinski definition) is 4. The lowest BCUT2D eigenvalue weighted by molar-refractivity contribution is 0.0943. The van der Waals surface area contributed by atoms with E-state index in [0.29, 0.717) is 6.54 Å². The fraction of sp³-hybridized carbons (Fsp3) is 0.357. The topological polar surface area (TPSA) is 45.5 Å². The zero-order valence-electron chi connectivity index (χ0n) is 11.3. The maximum absolute atomic E-state index is 11.9. The van der Waals surface area contributed by atoms with Gasteiger partial charge in [-0.15, -0.1) is 11.3 Å². The molecule has 2 rings (SSSR count). The summed E-state index contributed by atoms with van der Waals surface area (Å²) in [7, 11) is 3.94. The second-order valence-corrected chi connectivity index (χ2v) is 5.56. The SMILES string of the molecule is Cc1ccc([C@@H](CNC(=O)c2cccs2)N(C)C)o1. The number of rotatable bonds is 5. The third kappa shape index (κ3) is 3.45. The van der Waals surface area contributed by atoms with Gasteiger partial charge in [0, 0.05) is 6.54 Å². The van der Waals surface area contributed by atoms with Gasteiger partial charge in [-0.25, -0.2) is 0 Å². The van der Waals surface area contributed by atoms with Crippen LogP contribution in [-0.4, -0.2) is 31.4 Å². The molecule has 19 heavy (non-hydrogen) atoms. The highest BCUT2D eigenvalue weighted by molar-refractivity contribution is 7.12. The summed E-state index contributed by atoms with van der Waals surface area (Å²) in [6.07, 6.45) is 0. The van der Waals surface area contributed by atoms with E-state index in [2.05, 4.69) is 5.32 Å². The third-order valence-electron chi connectivity index (χ3n) is 2.91. The van der Waals surface area contributed by atoms with Crippen LogP contribution in [0.25, 0.3) is 0 Å². The molecule has 0 saturated heterocycles. The first-order chi connectivity index (χ1) is 9.08. The molecule has 5 heteroatoms. The Morgan fingerprint density at radius 2 is 2.21 bits per heavy atom. The molecule has 2 heterocycles. The van der Waals surface area contributed by atoms with Gasteiger partial charge in [0.15, 0.2) is 0 Å². The Labute approximate surface area is 117 Å². The molecule has 0 bridgehead atoms. The van der Waals surface area contributed by atoms with Crippen LogP contribution in [0.5, 0.6) is 0 Å². The molecule has 1 atom stereocenters. The molecule has 0 radical (unpaired) electrons. The maximum Gasteiger partial charge on any atom is 0.261 e. The van der Waals surface area contributed by atoms with Crippen LogP contribution >= 0.6 is 11.3 Å². The molecular weight excluding hydrogens is 260 g/mol. The molecule has 0 aliphatic heterocycles. The largest absolute Gasteiger partial charge is 0.465 e. The van der Waals surface area contributed by atoms with Gasteiger partial charge < -0.3 is 9.73 Å². The molecule has 0 saturated carbocycles. The minimum absolute atomic E-state index is 0.0369. The third-order valence-corrected chi connectivity index (χ3v) is 3.78. The average Bonchev–Trinajstić information content (AvgIpc) is 3.00. The number of thiophene rings is 1. The number of amides is 1. The van der Waals surface area contributed by atoms with E-state index < -0.39 is 0 Å². The summed E-state index contributed by atoms with van der Waals surface area (Å²) in [6, 6.07) is 7.63. The van der Waals surface area contributed by atoms with Gasteiger partial charge in [-0.1, -0.05) is 6.07 Å². The van der Waals surface area contributed by atoms with Gasteiger partial charge in [0.1, 0.15) is 11.5 Å². The first-order valence-corrected chi connectivity index (χ1v) is 7.00. The Morgan fingerprint density at radius 3 is 2.74 bits per heavy atom. The second kappa shape index (κ2) is 6.04. The number of likely N-dealkylation sites (N-methyl/N-ethyl adjacent to an activating group) is 1. The summed E-state index contributed by atoms with van der Waals surface area (Å²) in [5.74, 6) is 1.71. The number of furan rings is 1. The summed E-state index contributed by atoms with van der Waals surface area (Å²) in [6.45, 7) is 2.44. The Kier molecular flexibility index (Phi) is 4.39. The Bertz CT molecular complexity index is 531. The van der Waals surface area contributed by atoms with Crippen LogP contribution < -0.4 is 5.32 Å². The van der Waals surface area contributed by atoms with Crippen molar-refractivity contribution in [2.24, 2.45) is 0 Å². The molecular formula is C14H18N2O2S. The Morgan fingerprint density at radius 1 is 1.42 bits per heavy atom. The second-order valence-electron chi connectivity index (χ2n) is 4.62. The quantitative estimate of drug-likeness (QED) is 0.914. The van der Waals surface area contributed by atoms with Gasteiger partial charge in [0.25, 0.3) is 5.91 Å². The summed E-state index contributed by atoms with van der Waals surface area (Å²) < 4.78 is 5.64. The highest BCUT2D eigenvalue weighted by Crippen LogP contribution is 2.20. The number of aryl methyl sites for hydroxylation is 1. The molecule has 0 aliphatic rings. The van der Waals surface area contributed by atoms with E-state index in [0.717, 1.165) is 16.4 Å². The van der Waals surface area contributed by atoms with E-state index in [9.17, 15) is 4.79 Å². The van der Waals surface area contributed by atoms with Crippen molar-refractivity contribution in [2.45, 2.75) is 13.0 Å². The molecule has 4 nitrogen and oxygen atoms in total. The monoisotopic (exact) mass is 278 g/mol. The summed E-state index contributed by atoms with van der Waals surface area (Å²) in [5, 5.41) is 4.84. The predicted octanol–water partition coefficient (Wildman–Crippen LogP) is 2.68. The van der Waals surface area contributed by atoms with Crippen LogP contribution in [0.4, 0.5) is 0 Å². The highest BCUT2D eigenvalue weighted by atomic mass is 32.1. The van der Waals surface area contributed by atoms with Crippen molar-refractivity contribution in [3.8, 4) is 0 Å².